The van der Waals surface area contributed by atoms with E-state index in [9.17, 15) is 19.3 Å². The van der Waals surface area contributed by atoms with Crippen LogP contribution in [-0.2, 0) is 0 Å². The number of carboxylic acid groups (broad SMARTS) is 1. The fourth-order valence-electron chi connectivity index (χ4n) is 2.86. The Bertz CT molecular complexity index is 591. The monoisotopic (exact) mass is 296 g/mol. The van der Waals surface area contributed by atoms with Gasteiger partial charge in [0.25, 0.3) is 5.69 Å². The van der Waals surface area contributed by atoms with Gasteiger partial charge in [-0.25, -0.2) is 9.18 Å². The zero-order valence-corrected chi connectivity index (χ0v) is 11.9. The van der Waals surface area contributed by atoms with Crippen molar-refractivity contribution in [2.24, 2.45) is 5.92 Å². The Hall–Kier alpha value is -2.18. The number of halogens is 1. The lowest BCUT2D eigenvalue weighted by Gasteiger charge is -2.37. The van der Waals surface area contributed by atoms with Gasteiger partial charge in [0, 0.05) is 24.7 Å². The molecule has 1 heterocycles. The van der Waals surface area contributed by atoms with Crippen molar-refractivity contribution in [3.63, 3.8) is 0 Å². The molecule has 1 fully saturated rings. The second kappa shape index (κ2) is 5.67. The quantitative estimate of drug-likeness (QED) is 0.684. The first kappa shape index (κ1) is 15.2. The minimum Gasteiger partial charge on any atom is -0.478 e. The summed E-state index contributed by atoms with van der Waals surface area (Å²) in [7, 11) is 0. The molecular weight excluding hydrogens is 279 g/mol. The summed E-state index contributed by atoms with van der Waals surface area (Å²) in [6.45, 7) is 4.63. The molecule has 2 unspecified atom stereocenters. The number of carboxylic acids is 1. The molecule has 0 radical (unpaired) electrons. The van der Waals surface area contributed by atoms with E-state index >= 15 is 0 Å². The van der Waals surface area contributed by atoms with E-state index < -0.39 is 22.3 Å². The van der Waals surface area contributed by atoms with Crippen molar-refractivity contribution in [3.05, 3.63) is 33.6 Å². The Balaban J connectivity index is 2.50. The van der Waals surface area contributed by atoms with Crippen molar-refractivity contribution in [1.82, 2.24) is 0 Å². The second-order valence-corrected chi connectivity index (χ2v) is 5.55. The molecule has 1 aliphatic heterocycles. The highest BCUT2D eigenvalue weighted by Gasteiger charge is 2.30. The summed E-state index contributed by atoms with van der Waals surface area (Å²) in [4.78, 5) is 23.2. The molecule has 0 spiro atoms. The van der Waals surface area contributed by atoms with Gasteiger partial charge >= 0.3 is 5.97 Å². The number of nitrogens with zero attached hydrogens (tertiary/aromatic N) is 2. The summed E-state index contributed by atoms with van der Waals surface area (Å²) in [5.41, 5.74) is -0.888. The van der Waals surface area contributed by atoms with Crippen LogP contribution in [0.5, 0.6) is 0 Å². The van der Waals surface area contributed by atoms with E-state index in [1.54, 1.807) is 4.90 Å². The predicted molar refractivity (Wildman–Crippen MR) is 75.2 cm³/mol. The molecule has 1 aliphatic rings. The Morgan fingerprint density at radius 3 is 2.67 bits per heavy atom. The number of aromatic carboxylic acids is 1. The highest BCUT2D eigenvalue weighted by molar-refractivity contribution is 5.90. The van der Waals surface area contributed by atoms with Gasteiger partial charge in [0.1, 0.15) is 17.1 Å². The van der Waals surface area contributed by atoms with Crippen molar-refractivity contribution in [2.75, 3.05) is 11.4 Å². The minimum atomic E-state index is -1.51. The molecule has 1 aromatic rings. The number of anilines is 1. The Kier molecular flexibility index (Phi) is 4.11. The molecule has 0 aromatic heterocycles. The summed E-state index contributed by atoms with van der Waals surface area (Å²) < 4.78 is 13.9. The number of nitro groups is 1. The second-order valence-electron chi connectivity index (χ2n) is 5.55. The standard InChI is InChI=1S/C14H17FN2O4/c1-8-3-4-16(9(2)5-8)12-7-11(15)10(14(18)19)6-13(12)17(20)21/h6-9H,3-5H2,1-2H3,(H,18,19). The topological polar surface area (TPSA) is 83.7 Å². The third-order valence-corrected chi connectivity index (χ3v) is 3.94. The summed E-state index contributed by atoms with van der Waals surface area (Å²) >= 11 is 0. The van der Waals surface area contributed by atoms with Gasteiger partial charge < -0.3 is 10.0 Å². The van der Waals surface area contributed by atoms with Crippen molar-refractivity contribution in [2.45, 2.75) is 32.7 Å². The number of nitro benzene ring substituents is 1. The maximum atomic E-state index is 13.9. The fraction of sp³-hybridized carbons (Fsp3) is 0.500. The number of hydrogen-bond acceptors (Lipinski definition) is 4. The number of carbonyl (C=O) groups is 1. The SMILES string of the molecule is CC1CCN(c2cc(F)c(C(=O)O)cc2[N+](=O)[O-])C(C)C1. The highest BCUT2D eigenvalue weighted by Crippen LogP contribution is 2.36. The van der Waals surface area contributed by atoms with Crippen LogP contribution in [0.3, 0.4) is 0 Å². The van der Waals surface area contributed by atoms with Crippen molar-refractivity contribution in [3.8, 4) is 0 Å². The van der Waals surface area contributed by atoms with Crippen LogP contribution >= 0.6 is 0 Å². The lowest BCUT2D eigenvalue weighted by Crippen LogP contribution is -2.40. The van der Waals surface area contributed by atoms with Gasteiger partial charge in [-0.05, 0) is 25.7 Å². The van der Waals surface area contributed by atoms with E-state index in [0.29, 0.717) is 12.5 Å². The highest BCUT2D eigenvalue weighted by atomic mass is 19.1. The van der Waals surface area contributed by atoms with E-state index in [2.05, 4.69) is 6.92 Å². The molecule has 1 N–H and O–H groups in total. The van der Waals surface area contributed by atoms with Crippen LogP contribution in [0.2, 0.25) is 0 Å². The maximum Gasteiger partial charge on any atom is 0.338 e. The van der Waals surface area contributed by atoms with Gasteiger partial charge in [-0.2, -0.15) is 0 Å². The Morgan fingerprint density at radius 2 is 2.14 bits per heavy atom. The van der Waals surface area contributed by atoms with E-state index in [0.717, 1.165) is 25.0 Å². The third-order valence-electron chi connectivity index (χ3n) is 3.94. The zero-order valence-electron chi connectivity index (χ0n) is 11.9. The normalized spacial score (nSPS) is 22.1. The van der Waals surface area contributed by atoms with Crippen molar-refractivity contribution < 1.29 is 19.2 Å². The number of hydrogen-bond donors (Lipinski definition) is 1. The average molecular weight is 296 g/mol. The molecule has 2 rings (SSSR count). The molecule has 2 atom stereocenters. The van der Waals surface area contributed by atoms with Gasteiger partial charge in [-0.3, -0.25) is 10.1 Å². The first-order valence-corrected chi connectivity index (χ1v) is 6.79. The summed E-state index contributed by atoms with van der Waals surface area (Å²) in [6.07, 6.45) is 1.73. The molecular formula is C14H17FN2O4. The molecule has 0 bridgehead atoms. The molecule has 0 aliphatic carbocycles. The summed E-state index contributed by atoms with van der Waals surface area (Å²) in [6, 6.07) is 1.81. The van der Waals surface area contributed by atoms with Crippen LogP contribution in [0.15, 0.2) is 12.1 Å². The van der Waals surface area contributed by atoms with Crippen LogP contribution in [0, 0.1) is 21.8 Å². The number of piperidine rings is 1. The van der Waals surface area contributed by atoms with Gasteiger partial charge in [0.05, 0.1) is 4.92 Å². The van der Waals surface area contributed by atoms with Crippen molar-refractivity contribution >= 4 is 17.3 Å². The van der Waals surface area contributed by atoms with Crippen LogP contribution in [0.25, 0.3) is 0 Å². The molecule has 114 valence electrons. The Morgan fingerprint density at radius 1 is 1.48 bits per heavy atom. The van der Waals surface area contributed by atoms with Crippen molar-refractivity contribution in [1.29, 1.82) is 0 Å². The molecule has 6 nitrogen and oxygen atoms in total. The lowest BCUT2D eigenvalue weighted by molar-refractivity contribution is -0.384. The molecule has 1 aromatic carbocycles. The molecule has 7 heteroatoms. The third kappa shape index (κ3) is 2.96. The molecule has 0 saturated carbocycles. The van der Waals surface area contributed by atoms with Crippen LogP contribution in [0.1, 0.15) is 37.0 Å². The van der Waals surface area contributed by atoms with E-state index in [1.165, 1.54) is 0 Å². The number of rotatable bonds is 3. The Labute approximate surface area is 121 Å². The molecule has 1 saturated heterocycles. The average Bonchev–Trinajstić information content (AvgIpc) is 2.37. The predicted octanol–water partition coefficient (Wildman–Crippen LogP) is 3.06. The lowest BCUT2D eigenvalue weighted by atomic mass is 9.92. The zero-order chi connectivity index (χ0) is 15.7. The van der Waals surface area contributed by atoms with Gasteiger partial charge in [0.15, 0.2) is 0 Å². The van der Waals surface area contributed by atoms with Crippen LogP contribution in [0.4, 0.5) is 15.8 Å². The van der Waals surface area contributed by atoms with Gasteiger partial charge in [-0.15, -0.1) is 0 Å². The summed E-state index contributed by atoms with van der Waals surface area (Å²) in [5.74, 6) is -1.95. The first-order chi connectivity index (χ1) is 9.81. The van der Waals surface area contributed by atoms with Gasteiger partial charge in [0.2, 0.25) is 0 Å². The van der Waals surface area contributed by atoms with E-state index in [-0.39, 0.29) is 17.4 Å². The van der Waals surface area contributed by atoms with Crippen LogP contribution in [-0.4, -0.2) is 28.6 Å². The molecule has 0 amide bonds. The number of benzene rings is 1. The van der Waals surface area contributed by atoms with E-state index in [4.69, 9.17) is 5.11 Å². The fourth-order valence-corrected chi connectivity index (χ4v) is 2.86. The largest absolute Gasteiger partial charge is 0.478 e. The summed E-state index contributed by atoms with van der Waals surface area (Å²) in [5, 5.41) is 20.1. The smallest absolute Gasteiger partial charge is 0.338 e. The minimum absolute atomic E-state index is 0.0440. The van der Waals surface area contributed by atoms with Crippen LogP contribution < -0.4 is 4.90 Å². The molecule has 21 heavy (non-hydrogen) atoms. The van der Waals surface area contributed by atoms with E-state index in [1.807, 2.05) is 6.92 Å². The van der Waals surface area contributed by atoms with Gasteiger partial charge in [-0.1, -0.05) is 6.92 Å². The maximum absolute atomic E-state index is 13.9. The first-order valence-electron chi connectivity index (χ1n) is 6.79.